The number of hydrogen-bond acceptors (Lipinski definition) is 3. The maximum absolute atomic E-state index is 6.16. The molecule has 1 atom stereocenters. The summed E-state index contributed by atoms with van der Waals surface area (Å²) in [7, 11) is 1.64. The van der Waals surface area contributed by atoms with Gasteiger partial charge in [0.1, 0.15) is 0 Å². The zero-order valence-corrected chi connectivity index (χ0v) is 9.15. The SMILES string of the molecule is COc1ncccc1C(N)CC1CCC1. The number of pyridine rings is 1. The van der Waals surface area contributed by atoms with E-state index in [9.17, 15) is 0 Å². The molecular weight excluding hydrogens is 188 g/mol. The third-order valence-corrected chi connectivity index (χ3v) is 3.21. The quantitative estimate of drug-likeness (QED) is 0.822. The normalized spacial score (nSPS) is 18.3. The maximum atomic E-state index is 6.16. The van der Waals surface area contributed by atoms with Gasteiger partial charge in [0.2, 0.25) is 5.88 Å². The van der Waals surface area contributed by atoms with Gasteiger partial charge in [-0.2, -0.15) is 0 Å². The van der Waals surface area contributed by atoms with Gasteiger partial charge >= 0.3 is 0 Å². The summed E-state index contributed by atoms with van der Waals surface area (Å²) < 4.78 is 5.21. The first-order valence-electron chi connectivity index (χ1n) is 5.55. The van der Waals surface area contributed by atoms with Gasteiger partial charge in [0, 0.05) is 17.8 Å². The van der Waals surface area contributed by atoms with Crippen LogP contribution < -0.4 is 10.5 Å². The maximum Gasteiger partial charge on any atom is 0.217 e. The third-order valence-electron chi connectivity index (χ3n) is 3.21. The number of methoxy groups -OCH3 is 1. The molecule has 0 aromatic carbocycles. The van der Waals surface area contributed by atoms with E-state index in [0.29, 0.717) is 5.88 Å². The minimum absolute atomic E-state index is 0.0685. The van der Waals surface area contributed by atoms with Crippen LogP contribution in [0.25, 0.3) is 0 Å². The van der Waals surface area contributed by atoms with Gasteiger partial charge in [0.25, 0.3) is 0 Å². The molecule has 1 aromatic rings. The molecule has 0 saturated heterocycles. The van der Waals surface area contributed by atoms with E-state index >= 15 is 0 Å². The first-order chi connectivity index (χ1) is 7.31. The molecule has 3 nitrogen and oxygen atoms in total. The van der Waals surface area contributed by atoms with Gasteiger partial charge in [-0.15, -0.1) is 0 Å². The van der Waals surface area contributed by atoms with E-state index in [1.165, 1.54) is 19.3 Å². The van der Waals surface area contributed by atoms with Gasteiger partial charge in [-0.1, -0.05) is 25.3 Å². The van der Waals surface area contributed by atoms with Crippen LogP contribution in [0.3, 0.4) is 0 Å². The van der Waals surface area contributed by atoms with E-state index in [1.807, 2.05) is 12.1 Å². The fraction of sp³-hybridized carbons (Fsp3) is 0.583. The van der Waals surface area contributed by atoms with Crippen molar-refractivity contribution in [2.24, 2.45) is 11.7 Å². The first-order valence-corrected chi connectivity index (χ1v) is 5.55. The topological polar surface area (TPSA) is 48.1 Å². The predicted molar refractivity (Wildman–Crippen MR) is 59.7 cm³/mol. The van der Waals surface area contributed by atoms with E-state index < -0.39 is 0 Å². The van der Waals surface area contributed by atoms with Crippen molar-refractivity contribution >= 4 is 0 Å². The minimum Gasteiger partial charge on any atom is -0.481 e. The minimum atomic E-state index is 0.0685. The fourth-order valence-electron chi connectivity index (χ4n) is 2.07. The molecule has 0 amide bonds. The molecule has 0 bridgehead atoms. The van der Waals surface area contributed by atoms with E-state index in [4.69, 9.17) is 10.5 Å². The highest BCUT2D eigenvalue weighted by atomic mass is 16.5. The average Bonchev–Trinajstić information content (AvgIpc) is 2.23. The van der Waals surface area contributed by atoms with Crippen molar-refractivity contribution in [2.75, 3.05) is 7.11 Å². The number of aromatic nitrogens is 1. The van der Waals surface area contributed by atoms with Crippen molar-refractivity contribution in [3.63, 3.8) is 0 Å². The second-order valence-electron chi connectivity index (χ2n) is 4.24. The van der Waals surface area contributed by atoms with Crippen LogP contribution in [0.1, 0.15) is 37.3 Å². The molecule has 1 aliphatic rings. The molecule has 1 unspecified atom stereocenters. The van der Waals surface area contributed by atoms with Crippen LogP contribution in [0.4, 0.5) is 0 Å². The molecule has 1 saturated carbocycles. The second-order valence-corrected chi connectivity index (χ2v) is 4.24. The zero-order valence-electron chi connectivity index (χ0n) is 9.15. The highest BCUT2D eigenvalue weighted by Crippen LogP contribution is 2.35. The Morgan fingerprint density at radius 2 is 2.40 bits per heavy atom. The van der Waals surface area contributed by atoms with Gasteiger partial charge in [0.05, 0.1) is 7.11 Å². The molecule has 0 spiro atoms. The Kier molecular flexibility index (Phi) is 3.21. The average molecular weight is 206 g/mol. The predicted octanol–water partition coefficient (Wildman–Crippen LogP) is 2.28. The van der Waals surface area contributed by atoms with Crippen molar-refractivity contribution in [1.29, 1.82) is 0 Å². The molecule has 15 heavy (non-hydrogen) atoms. The third kappa shape index (κ3) is 2.29. The van der Waals surface area contributed by atoms with Crippen LogP contribution in [-0.4, -0.2) is 12.1 Å². The standard InChI is InChI=1S/C12H18N2O/c1-15-12-10(6-3-7-14-12)11(13)8-9-4-2-5-9/h3,6-7,9,11H,2,4-5,8,13H2,1H3. The molecule has 2 rings (SSSR count). The lowest BCUT2D eigenvalue weighted by molar-refractivity contribution is 0.274. The Labute approximate surface area is 90.7 Å². The lowest BCUT2D eigenvalue weighted by atomic mass is 9.80. The largest absolute Gasteiger partial charge is 0.481 e. The molecule has 1 aromatic heterocycles. The van der Waals surface area contributed by atoms with Crippen molar-refractivity contribution < 1.29 is 4.74 Å². The highest BCUT2D eigenvalue weighted by molar-refractivity contribution is 5.28. The number of hydrogen-bond donors (Lipinski definition) is 1. The molecule has 1 aliphatic carbocycles. The molecule has 1 fully saturated rings. The molecule has 3 heteroatoms. The van der Waals surface area contributed by atoms with Crippen LogP contribution >= 0.6 is 0 Å². The van der Waals surface area contributed by atoms with Gasteiger partial charge < -0.3 is 10.5 Å². The zero-order chi connectivity index (χ0) is 10.7. The summed E-state index contributed by atoms with van der Waals surface area (Å²) in [5.74, 6) is 1.48. The smallest absolute Gasteiger partial charge is 0.217 e. The van der Waals surface area contributed by atoms with Crippen molar-refractivity contribution in [2.45, 2.75) is 31.7 Å². The van der Waals surface area contributed by atoms with Gasteiger partial charge in [-0.05, 0) is 18.4 Å². The summed E-state index contributed by atoms with van der Waals surface area (Å²) in [5.41, 5.74) is 7.20. The Morgan fingerprint density at radius 3 is 3.00 bits per heavy atom. The highest BCUT2D eigenvalue weighted by Gasteiger charge is 2.22. The molecule has 1 heterocycles. The van der Waals surface area contributed by atoms with E-state index in [0.717, 1.165) is 17.9 Å². The second kappa shape index (κ2) is 4.62. The Morgan fingerprint density at radius 1 is 1.60 bits per heavy atom. The van der Waals surface area contributed by atoms with Crippen molar-refractivity contribution in [3.05, 3.63) is 23.9 Å². The molecule has 2 N–H and O–H groups in total. The summed E-state index contributed by atoms with van der Waals surface area (Å²) >= 11 is 0. The Bertz CT molecular complexity index is 323. The van der Waals surface area contributed by atoms with Crippen LogP contribution in [-0.2, 0) is 0 Å². The van der Waals surface area contributed by atoms with Crippen LogP contribution in [0.15, 0.2) is 18.3 Å². The van der Waals surface area contributed by atoms with E-state index in [-0.39, 0.29) is 6.04 Å². The van der Waals surface area contributed by atoms with Crippen molar-refractivity contribution in [1.82, 2.24) is 4.98 Å². The summed E-state index contributed by atoms with van der Waals surface area (Å²) in [4.78, 5) is 4.17. The number of nitrogens with two attached hydrogens (primary N) is 1. The van der Waals surface area contributed by atoms with Crippen molar-refractivity contribution in [3.8, 4) is 5.88 Å². The van der Waals surface area contributed by atoms with Crippen LogP contribution in [0.5, 0.6) is 5.88 Å². The Hall–Kier alpha value is -1.09. The van der Waals surface area contributed by atoms with E-state index in [2.05, 4.69) is 4.98 Å². The first kappa shape index (κ1) is 10.4. The molecule has 82 valence electrons. The Balaban J connectivity index is 2.05. The summed E-state index contributed by atoms with van der Waals surface area (Å²) in [6.45, 7) is 0. The molecular formula is C12H18N2O. The summed E-state index contributed by atoms with van der Waals surface area (Å²) in [5, 5.41) is 0. The number of rotatable bonds is 4. The van der Waals surface area contributed by atoms with Crippen LogP contribution in [0, 0.1) is 5.92 Å². The monoisotopic (exact) mass is 206 g/mol. The molecule has 0 radical (unpaired) electrons. The summed E-state index contributed by atoms with van der Waals surface area (Å²) in [6.07, 6.45) is 6.81. The van der Waals surface area contributed by atoms with Gasteiger partial charge in [-0.3, -0.25) is 0 Å². The summed E-state index contributed by atoms with van der Waals surface area (Å²) in [6, 6.07) is 3.99. The number of nitrogens with zero attached hydrogens (tertiary/aromatic N) is 1. The number of ether oxygens (including phenoxy) is 1. The molecule has 0 aliphatic heterocycles. The van der Waals surface area contributed by atoms with Gasteiger partial charge in [0.15, 0.2) is 0 Å². The van der Waals surface area contributed by atoms with E-state index in [1.54, 1.807) is 13.3 Å². The fourth-order valence-corrected chi connectivity index (χ4v) is 2.07. The van der Waals surface area contributed by atoms with Crippen LogP contribution in [0.2, 0.25) is 0 Å². The lowest BCUT2D eigenvalue weighted by Gasteiger charge is -2.28. The van der Waals surface area contributed by atoms with Gasteiger partial charge in [-0.25, -0.2) is 4.98 Å². The lowest BCUT2D eigenvalue weighted by Crippen LogP contribution is -2.20.